The van der Waals surface area contributed by atoms with Crippen molar-refractivity contribution in [2.45, 2.75) is 33.4 Å². The van der Waals surface area contributed by atoms with Crippen LogP contribution in [0.4, 0.5) is 8.78 Å². The second-order valence-electron chi connectivity index (χ2n) is 4.50. The number of nitrogens with zero attached hydrogens (tertiary/aromatic N) is 1. The van der Waals surface area contributed by atoms with Crippen LogP contribution in [0.25, 0.3) is 0 Å². The van der Waals surface area contributed by atoms with Crippen LogP contribution in [0.5, 0.6) is 0 Å². The summed E-state index contributed by atoms with van der Waals surface area (Å²) >= 11 is 1.62. The van der Waals surface area contributed by atoms with Gasteiger partial charge < -0.3 is 5.32 Å². The van der Waals surface area contributed by atoms with E-state index in [1.165, 1.54) is 6.07 Å². The van der Waals surface area contributed by atoms with E-state index in [9.17, 15) is 8.78 Å². The minimum atomic E-state index is -0.809. The molecule has 0 saturated carbocycles. The summed E-state index contributed by atoms with van der Waals surface area (Å²) in [4.78, 5) is 5.50. The molecule has 0 radical (unpaired) electrons. The summed E-state index contributed by atoms with van der Waals surface area (Å²) in [6, 6.07) is 4.29. The predicted molar refractivity (Wildman–Crippen MR) is 73.2 cm³/mol. The fraction of sp³-hybridized carbons (Fsp3) is 0.357. The first-order valence-electron chi connectivity index (χ1n) is 6.09. The van der Waals surface area contributed by atoms with Gasteiger partial charge in [-0.15, -0.1) is 11.3 Å². The van der Waals surface area contributed by atoms with E-state index in [1.807, 2.05) is 20.8 Å². The maximum atomic E-state index is 13.5. The van der Waals surface area contributed by atoms with E-state index in [1.54, 1.807) is 17.4 Å². The third-order valence-corrected chi connectivity index (χ3v) is 4.22. The van der Waals surface area contributed by atoms with E-state index in [0.717, 1.165) is 21.6 Å². The zero-order valence-corrected chi connectivity index (χ0v) is 11.9. The maximum absolute atomic E-state index is 13.5. The molecular weight excluding hydrogens is 266 g/mol. The van der Waals surface area contributed by atoms with Gasteiger partial charge in [-0.3, -0.25) is 0 Å². The molecule has 5 heteroatoms. The van der Waals surface area contributed by atoms with Gasteiger partial charge in [0.2, 0.25) is 0 Å². The first kappa shape index (κ1) is 14.1. The minimum absolute atomic E-state index is 0.0638. The summed E-state index contributed by atoms with van der Waals surface area (Å²) in [6.07, 6.45) is 0. The fourth-order valence-electron chi connectivity index (χ4n) is 1.99. The van der Waals surface area contributed by atoms with Crippen LogP contribution < -0.4 is 5.32 Å². The standard InChI is InChI=1S/C14H16F2N2S/c1-8(14-9(2)18-10(3)19-14)17-7-11-5-4-6-12(15)13(11)16/h4-6,8,17H,7H2,1-3H3. The highest BCUT2D eigenvalue weighted by Gasteiger charge is 2.14. The van der Waals surface area contributed by atoms with E-state index < -0.39 is 11.6 Å². The minimum Gasteiger partial charge on any atom is -0.305 e. The first-order valence-corrected chi connectivity index (χ1v) is 6.91. The number of aromatic nitrogens is 1. The molecular formula is C14H16F2N2S. The fourth-order valence-corrected chi connectivity index (χ4v) is 2.94. The third-order valence-electron chi connectivity index (χ3n) is 2.96. The van der Waals surface area contributed by atoms with Gasteiger partial charge in [-0.25, -0.2) is 13.8 Å². The summed E-state index contributed by atoms with van der Waals surface area (Å²) < 4.78 is 26.6. The SMILES string of the molecule is Cc1nc(C)c(C(C)NCc2cccc(F)c2F)s1. The molecule has 0 aliphatic rings. The Kier molecular flexibility index (Phi) is 4.27. The summed E-state index contributed by atoms with van der Waals surface area (Å²) in [5, 5.41) is 4.21. The van der Waals surface area contributed by atoms with Gasteiger partial charge in [0.1, 0.15) is 0 Å². The molecule has 1 unspecified atom stereocenters. The Balaban J connectivity index is 2.06. The Bertz CT molecular complexity index is 581. The van der Waals surface area contributed by atoms with Crippen LogP contribution in [0.3, 0.4) is 0 Å². The molecule has 2 rings (SSSR count). The van der Waals surface area contributed by atoms with Gasteiger partial charge >= 0.3 is 0 Å². The van der Waals surface area contributed by atoms with Crippen molar-refractivity contribution < 1.29 is 8.78 Å². The van der Waals surface area contributed by atoms with Gasteiger partial charge in [0.05, 0.1) is 10.7 Å². The summed E-state index contributed by atoms with van der Waals surface area (Å²) in [6.45, 7) is 6.21. The second-order valence-corrected chi connectivity index (χ2v) is 5.73. The van der Waals surface area contributed by atoms with Crippen molar-refractivity contribution in [3.05, 3.63) is 51.0 Å². The summed E-state index contributed by atoms with van der Waals surface area (Å²) in [5.41, 5.74) is 1.33. The van der Waals surface area contributed by atoms with Crippen LogP contribution in [0.1, 0.15) is 34.1 Å². The average molecular weight is 282 g/mol. The van der Waals surface area contributed by atoms with Gasteiger partial charge in [0, 0.05) is 23.0 Å². The smallest absolute Gasteiger partial charge is 0.163 e. The molecule has 1 atom stereocenters. The summed E-state index contributed by atoms with van der Waals surface area (Å²) in [7, 11) is 0. The lowest BCUT2D eigenvalue weighted by Crippen LogP contribution is -2.19. The van der Waals surface area contributed by atoms with Crippen molar-refractivity contribution in [2.75, 3.05) is 0 Å². The predicted octanol–water partition coefficient (Wildman–Crippen LogP) is 3.89. The largest absolute Gasteiger partial charge is 0.305 e. The normalized spacial score (nSPS) is 12.7. The van der Waals surface area contributed by atoms with E-state index in [2.05, 4.69) is 10.3 Å². The molecule has 2 aromatic rings. The van der Waals surface area contributed by atoms with E-state index in [0.29, 0.717) is 12.1 Å². The van der Waals surface area contributed by atoms with Crippen molar-refractivity contribution in [3.63, 3.8) is 0 Å². The Morgan fingerprint density at radius 1 is 1.32 bits per heavy atom. The van der Waals surface area contributed by atoms with Gasteiger partial charge in [-0.1, -0.05) is 12.1 Å². The van der Waals surface area contributed by atoms with Crippen LogP contribution >= 0.6 is 11.3 Å². The molecule has 102 valence electrons. The van der Waals surface area contributed by atoms with Gasteiger partial charge in [-0.2, -0.15) is 0 Å². The van der Waals surface area contributed by atoms with Crippen molar-refractivity contribution in [3.8, 4) is 0 Å². The number of benzene rings is 1. The molecule has 0 amide bonds. The molecule has 0 spiro atoms. The Morgan fingerprint density at radius 3 is 2.68 bits per heavy atom. The first-order chi connectivity index (χ1) is 8.99. The highest BCUT2D eigenvalue weighted by Crippen LogP contribution is 2.24. The number of nitrogens with one attached hydrogen (secondary N) is 1. The third kappa shape index (κ3) is 3.16. The van der Waals surface area contributed by atoms with Crippen molar-refractivity contribution in [1.82, 2.24) is 10.3 Å². The number of hydrogen-bond donors (Lipinski definition) is 1. The molecule has 0 aliphatic heterocycles. The van der Waals surface area contributed by atoms with E-state index in [-0.39, 0.29) is 6.04 Å². The van der Waals surface area contributed by atoms with Crippen LogP contribution in [-0.2, 0) is 6.54 Å². The topological polar surface area (TPSA) is 24.9 Å². The Hall–Kier alpha value is -1.33. The highest BCUT2D eigenvalue weighted by atomic mass is 32.1. The molecule has 0 saturated heterocycles. The van der Waals surface area contributed by atoms with Crippen LogP contribution in [-0.4, -0.2) is 4.98 Å². The number of halogens is 2. The quantitative estimate of drug-likeness (QED) is 0.920. The molecule has 0 aliphatic carbocycles. The molecule has 1 aromatic carbocycles. The van der Waals surface area contributed by atoms with Crippen LogP contribution in [0.2, 0.25) is 0 Å². The Labute approximate surface area is 115 Å². The monoisotopic (exact) mass is 282 g/mol. The molecule has 0 bridgehead atoms. The van der Waals surface area contributed by atoms with Crippen LogP contribution in [0, 0.1) is 25.5 Å². The van der Waals surface area contributed by atoms with Crippen molar-refractivity contribution in [1.29, 1.82) is 0 Å². The molecule has 1 aromatic heterocycles. The average Bonchev–Trinajstić information content (AvgIpc) is 2.70. The second kappa shape index (κ2) is 5.75. The van der Waals surface area contributed by atoms with Gasteiger partial charge in [0.25, 0.3) is 0 Å². The molecule has 1 N–H and O–H groups in total. The molecule has 2 nitrogen and oxygen atoms in total. The molecule has 19 heavy (non-hydrogen) atoms. The molecule has 1 heterocycles. The number of hydrogen-bond acceptors (Lipinski definition) is 3. The van der Waals surface area contributed by atoms with E-state index >= 15 is 0 Å². The lowest BCUT2D eigenvalue weighted by atomic mass is 10.1. The highest BCUT2D eigenvalue weighted by molar-refractivity contribution is 7.11. The van der Waals surface area contributed by atoms with Crippen LogP contribution in [0.15, 0.2) is 18.2 Å². The van der Waals surface area contributed by atoms with Crippen molar-refractivity contribution in [2.24, 2.45) is 0 Å². The summed E-state index contributed by atoms with van der Waals surface area (Å²) in [5.74, 6) is -1.59. The number of aryl methyl sites for hydroxylation is 2. The molecule has 0 fully saturated rings. The zero-order valence-electron chi connectivity index (χ0n) is 11.1. The van der Waals surface area contributed by atoms with E-state index in [4.69, 9.17) is 0 Å². The lowest BCUT2D eigenvalue weighted by Gasteiger charge is -2.13. The van der Waals surface area contributed by atoms with Crippen molar-refractivity contribution >= 4 is 11.3 Å². The number of thiazole rings is 1. The lowest BCUT2D eigenvalue weighted by molar-refractivity contribution is 0.485. The van der Waals surface area contributed by atoms with Gasteiger partial charge in [0.15, 0.2) is 11.6 Å². The Morgan fingerprint density at radius 2 is 2.05 bits per heavy atom. The maximum Gasteiger partial charge on any atom is 0.163 e. The number of rotatable bonds is 4. The zero-order chi connectivity index (χ0) is 14.0. The van der Waals surface area contributed by atoms with Gasteiger partial charge in [-0.05, 0) is 26.8 Å².